The summed E-state index contributed by atoms with van der Waals surface area (Å²) in [5, 5.41) is 20.8. The summed E-state index contributed by atoms with van der Waals surface area (Å²) in [7, 11) is 3.24. The fourth-order valence-electron chi connectivity index (χ4n) is 2.25. The van der Waals surface area contributed by atoms with Gasteiger partial charge in [0.15, 0.2) is 0 Å². The second kappa shape index (κ2) is 7.82. The SMILES string of the molecule is CNC(=O)c1ccc(OC(=O)/C(C#N)=C\c2cc(C#N)n(C)c2C)cc1. The van der Waals surface area contributed by atoms with Gasteiger partial charge in [0, 0.05) is 25.4 Å². The van der Waals surface area contributed by atoms with Crippen LogP contribution < -0.4 is 10.1 Å². The highest BCUT2D eigenvalue weighted by molar-refractivity contribution is 5.99. The zero-order chi connectivity index (χ0) is 19.3. The van der Waals surface area contributed by atoms with E-state index in [0.29, 0.717) is 16.8 Å². The zero-order valence-corrected chi connectivity index (χ0v) is 14.5. The molecule has 0 aliphatic rings. The molecule has 2 aromatic rings. The van der Waals surface area contributed by atoms with E-state index in [-0.39, 0.29) is 17.2 Å². The largest absolute Gasteiger partial charge is 0.422 e. The summed E-state index contributed by atoms with van der Waals surface area (Å²) < 4.78 is 6.85. The van der Waals surface area contributed by atoms with Crippen LogP contribution >= 0.6 is 0 Å². The third-order valence-electron chi connectivity index (χ3n) is 3.88. The number of nitrogens with zero attached hydrogens (tertiary/aromatic N) is 3. The van der Waals surface area contributed by atoms with Crippen molar-refractivity contribution in [2.24, 2.45) is 7.05 Å². The third kappa shape index (κ3) is 3.80. The van der Waals surface area contributed by atoms with E-state index in [1.807, 2.05) is 12.1 Å². The molecule has 0 radical (unpaired) electrons. The van der Waals surface area contributed by atoms with Crippen LogP contribution in [0, 0.1) is 29.6 Å². The van der Waals surface area contributed by atoms with Crippen LogP contribution in [0.25, 0.3) is 6.08 Å². The molecule has 130 valence electrons. The molecule has 0 aliphatic heterocycles. The number of nitrogens with one attached hydrogen (secondary N) is 1. The molecule has 0 spiro atoms. The fourth-order valence-corrected chi connectivity index (χ4v) is 2.25. The molecule has 1 aromatic carbocycles. The number of carbonyl (C=O) groups excluding carboxylic acids is 2. The van der Waals surface area contributed by atoms with E-state index in [9.17, 15) is 14.9 Å². The van der Waals surface area contributed by atoms with Crippen molar-refractivity contribution >= 4 is 18.0 Å². The number of hydrogen-bond donors (Lipinski definition) is 1. The first-order valence-corrected chi connectivity index (χ1v) is 7.63. The van der Waals surface area contributed by atoms with Crippen LogP contribution in [0.4, 0.5) is 0 Å². The average Bonchev–Trinajstić information content (AvgIpc) is 2.93. The Balaban J connectivity index is 2.23. The number of nitriles is 2. The second-order valence-electron chi connectivity index (χ2n) is 5.40. The Kier molecular flexibility index (Phi) is 5.56. The molecule has 7 heteroatoms. The molecule has 2 rings (SSSR count). The van der Waals surface area contributed by atoms with Gasteiger partial charge in [-0.25, -0.2) is 4.79 Å². The highest BCUT2D eigenvalue weighted by Gasteiger charge is 2.15. The number of amides is 1. The quantitative estimate of drug-likeness (QED) is 0.394. The topological polar surface area (TPSA) is 108 Å². The summed E-state index contributed by atoms with van der Waals surface area (Å²) in [6.45, 7) is 1.78. The highest BCUT2D eigenvalue weighted by Crippen LogP contribution is 2.19. The summed E-state index contributed by atoms with van der Waals surface area (Å²) in [5.41, 5.74) is 1.99. The van der Waals surface area contributed by atoms with Crippen molar-refractivity contribution in [3.63, 3.8) is 0 Å². The summed E-state index contributed by atoms with van der Waals surface area (Å²) in [6, 6.07) is 11.4. The van der Waals surface area contributed by atoms with Crippen molar-refractivity contribution < 1.29 is 14.3 Å². The van der Waals surface area contributed by atoms with Crippen LogP contribution in [-0.2, 0) is 11.8 Å². The lowest BCUT2D eigenvalue weighted by molar-refractivity contribution is -0.129. The molecule has 0 atom stereocenters. The molecule has 26 heavy (non-hydrogen) atoms. The van der Waals surface area contributed by atoms with Gasteiger partial charge in [-0.15, -0.1) is 0 Å². The first-order valence-electron chi connectivity index (χ1n) is 7.63. The Morgan fingerprint density at radius 3 is 2.38 bits per heavy atom. The van der Waals surface area contributed by atoms with E-state index in [2.05, 4.69) is 5.32 Å². The van der Waals surface area contributed by atoms with Crippen LogP contribution in [0.1, 0.15) is 27.3 Å². The normalized spacial score (nSPS) is 10.6. The predicted molar refractivity (Wildman–Crippen MR) is 93.9 cm³/mol. The van der Waals surface area contributed by atoms with Gasteiger partial charge in [-0.3, -0.25) is 4.79 Å². The average molecular weight is 348 g/mol. The molecule has 1 amide bonds. The summed E-state index contributed by atoms with van der Waals surface area (Å²) in [6.07, 6.45) is 1.39. The third-order valence-corrected chi connectivity index (χ3v) is 3.88. The van der Waals surface area contributed by atoms with Crippen LogP contribution in [-0.4, -0.2) is 23.5 Å². The molecule has 0 saturated carbocycles. The maximum atomic E-state index is 12.2. The molecule has 0 aliphatic carbocycles. The van der Waals surface area contributed by atoms with E-state index in [1.54, 1.807) is 24.6 Å². The molecule has 0 bridgehead atoms. The predicted octanol–water partition coefficient (Wildman–Crippen LogP) is 2.08. The van der Waals surface area contributed by atoms with Gasteiger partial charge in [0.05, 0.1) is 0 Å². The molecule has 1 heterocycles. The first-order chi connectivity index (χ1) is 12.4. The monoisotopic (exact) mass is 348 g/mol. The Hall–Kier alpha value is -3.84. The van der Waals surface area contributed by atoms with Crippen molar-refractivity contribution in [2.45, 2.75) is 6.92 Å². The number of carbonyl (C=O) groups is 2. The van der Waals surface area contributed by atoms with Crippen molar-refractivity contribution in [2.75, 3.05) is 7.05 Å². The molecule has 1 aromatic heterocycles. The van der Waals surface area contributed by atoms with Crippen LogP contribution in [0.15, 0.2) is 35.9 Å². The van der Waals surface area contributed by atoms with Gasteiger partial charge in [-0.2, -0.15) is 10.5 Å². The van der Waals surface area contributed by atoms with Gasteiger partial charge in [0.1, 0.15) is 29.2 Å². The minimum Gasteiger partial charge on any atom is -0.422 e. The molecule has 0 unspecified atom stereocenters. The molecule has 0 fully saturated rings. The van der Waals surface area contributed by atoms with Gasteiger partial charge >= 0.3 is 5.97 Å². The van der Waals surface area contributed by atoms with Gasteiger partial charge < -0.3 is 14.6 Å². The maximum absolute atomic E-state index is 12.2. The lowest BCUT2D eigenvalue weighted by Gasteiger charge is -2.05. The standard InChI is InChI=1S/C19H16N4O3/c1-12-14(9-16(11-21)23(12)3)8-15(10-20)19(25)26-17-6-4-13(5-7-17)18(24)22-2/h4-9H,1-3H3,(H,22,24)/b15-8-. The Morgan fingerprint density at radius 1 is 1.23 bits per heavy atom. The minimum absolute atomic E-state index is 0.196. The van der Waals surface area contributed by atoms with E-state index in [0.717, 1.165) is 5.69 Å². The van der Waals surface area contributed by atoms with E-state index < -0.39 is 5.97 Å². The van der Waals surface area contributed by atoms with Crippen molar-refractivity contribution in [3.05, 3.63) is 58.4 Å². The van der Waals surface area contributed by atoms with Crippen molar-refractivity contribution in [3.8, 4) is 17.9 Å². The van der Waals surface area contributed by atoms with Crippen molar-refractivity contribution in [1.82, 2.24) is 9.88 Å². The van der Waals surface area contributed by atoms with E-state index in [1.165, 1.54) is 37.4 Å². The molecule has 0 saturated heterocycles. The van der Waals surface area contributed by atoms with Gasteiger partial charge in [-0.1, -0.05) is 0 Å². The maximum Gasteiger partial charge on any atom is 0.354 e. The Morgan fingerprint density at radius 2 is 1.88 bits per heavy atom. The molecule has 7 nitrogen and oxygen atoms in total. The highest BCUT2D eigenvalue weighted by atomic mass is 16.5. The lowest BCUT2D eigenvalue weighted by Crippen LogP contribution is -2.17. The smallest absolute Gasteiger partial charge is 0.354 e. The minimum atomic E-state index is -0.818. The van der Waals surface area contributed by atoms with Gasteiger partial charge in [0.2, 0.25) is 0 Å². The Labute approximate surface area is 150 Å². The van der Waals surface area contributed by atoms with E-state index >= 15 is 0 Å². The summed E-state index contributed by atoms with van der Waals surface area (Å²) in [5.74, 6) is -0.860. The zero-order valence-electron chi connectivity index (χ0n) is 14.5. The van der Waals surface area contributed by atoms with Crippen LogP contribution in [0.5, 0.6) is 5.75 Å². The van der Waals surface area contributed by atoms with Crippen LogP contribution in [0.2, 0.25) is 0 Å². The number of rotatable bonds is 4. The molecular weight excluding hydrogens is 332 g/mol. The number of ether oxygens (including phenoxy) is 1. The van der Waals surface area contributed by atoms with Gasteiger partial charge in [-0.05, 0) is 48.9 Å². The lowest BCUT2D eigenvalue weighted by atomic mass is 10.1. The summed E-state index contributed by atoms with van der Waals surface area (Å²) >= 11 is 0. The molecule has 1 N–H and O–H groups in total. The number of benzene rings is 1. The molecular formula is C19H16N4O3. The number of aromatic nitrogens is 1. The summed E-state index contributed by atoms with van der Waals surface area (Å²) in [4.78, 5) is 23.7. The Bertz CT molecular complexity index is 970. The van der Waals surface area contributed by atoms with Gasteiger partial charge in [0.25, 0.3) is 5.91 Å². The van der Waals surface area contributed by atoms with E-state index in [4.69, 9.17) is 10.00 Å². The number of hydrogen-bond acceptors (Lipinski definition) is 5. The fraction of sp³-hybridized carbons (Fsp3) is 0.158. The number of esters is 1. The van der Waals surface area contributed by atoms with Crippen molar-refractivity contribution in [1.29, 1.82) is 10.5 Å². The second-order valence-corrected chi connectivity index (χ2v) is 5.40. The first kappa shape index (κ1) is 18.5. The van der Waals surface area contributed by atoms with Crippen LogP contribution in [0.3, 0.4) is 0 Å².